The highest BCUT2D eigenvalue weighted by Crippen LogP contribution is 2.37. The van der Waals surface area contributed by atoms with E-state index in [1.807, 2.05) is 13.0 Å². The van der Waals surface area contributed by atoms with E-state index in [1.165, 1.54) is 0 Å². The first-order valence-electron chi connectivity index (χ1n) is 6.69. The Bertz CT molecular complexity index is 541. The lowest BCUT2D eigenvalue weighted by atomic mass is 9.73. The summed E-state index contributed by atoms with van der Waals surface area (Å²) >= 11 is 8.55. The Hall–Kier alpha value is -1.01. The van der Waals surface area contributed by atoms with Gasteiger partial charge in [-0.15, -0.1) is 0 Å². The van der Waals surface area contributed by atoms with Crippen LogP contribution in [0.5, 0.6) is 0 Å². The van der Waals surface area contributed by atoms with Crippen LogP contribution in [-0.2, 0) is 4.79 Å². The monoisotopic (exact) mass is 355 g/mol. The van der Waals surface area contributed by atoms with Crippen molar-refractivity contribution in [3.05, 3.63) is 22.3 Å². The molecule has 4 nitrogen and oxygen atoms in total. The topological polar surface area (TPSA) is 68.0 Å². The Labute approximate surface area is 132 Å². The summed E-state index contributed by atoms with van der Waals surface area (Å²) < 4.78 is 0.914. The largest absolute Gasteiger partial charge is 0.392 e. The molecule has 0 aromatic carbocycles. The molecule has 1 fully saturated rings. The molecule has 1 aromatic rings. The highest BCUT2D eigenvalue weighted by Gasteiger charge is 2.42. The maximum absolute atomic E-state index is 12.6. The fourth-order valence-electron chi connectivity index (χ4n) is 2.58. The lowest BCUT2D eigenvalue weighted by molar-refractivity contribution is -0.123. The second-order valence-electron chi connectivity index (χ2n) is 5.28. The molecule has 1 heterocycles. The predicted octanol–water partition coefficient (Wildman–Crippen LogP) is 3.33. The second kappa shape index (κ2) is 6.18. The maximum atomic E-state index is 12.6. The van der Waals surface area contributed by atoms with E-state index in [-0.39, 0.29) is 5.91 Å². The van der Waals surface area contributed by atoms with Gasteiger partial charge in [0, 0.05) is 10.7 Å². The highest BCUT2D eigenvalue weighted by molar-refractivity contribution is 9.10. The van der Waals surface area contributed by atoms with Gasteiger partial charge in [-0.3, -0.25) is 4.79 Å². The molecule has 6 heteroatoms. The first-order valence-corrected chi connectivity index (χ1v) is 7.89. The Morgan fingerprint density at radius 2 is 2.10 bits per heavy atom. The number of hydrogen-bond acceptors (Lipinski definition) is 3. The van der Waals surface area contributed by atoms with Crippen LogP contribution in [-0.4, -0.2) is 15.9 Å². The fraction of sp³-hybridized carbons (Fsp3) is 0.500. The quantitative estimate of drug-likeness (QED) is 0.816. The first-order chi connectivity index (χ1) is 9.45. The van der Waals surface area contributed by atoms with Crippen molar-refractivity contribution in [3.8, 4) is 0 Å². The summed E-state index contributed by atoms with van der Waals surface area (Å²) in [4.78, 5) is 17.1. The van der Waals surface area contributed by atoms with Crippen LogP contribution in [0.15, 0.2) is 16.7 Å². The van der Waals surface area contributed by atoms with Crippen LogP contribution in [0.2, 0.25) is 0 Å². The number of halogens is 1. The maximum Gasteiger partial charge on any atom is 0.238 e. The van der Waals surface area contributed by atoms with Gasteiger partial charge in [0.1, 0.15) is 5.82 Å². The molecule has 0 unspecified atom stereocenters. The van der Waals surface area contributed by atoms with Crippen molar-refractivity contribution >= 4 is 44.9 Å². The zero-order valence-corrected chi connectivity index (χ0v) is 13.8. The average Bonchev–Trinajstić information content (AvgIpc) is 2.43. The van der Waals surface area contributed by atoms with Crippen molar-refractivity contribution in [2.24, 2.45) is 11.1 Å². The zero-order chi connectivity index (χ0) is 14.8. The molecule has 108 valence electrons. The van der Waals surface area contributed by atoms with Crippen LogP contribution in [0, 0.1) is 12.3 Å². The van der Waals surface area contributed by atoms with Crippen LogP contribution in [0.1, 0.15) is 37.7 Å². The van der Waals surface area contributed by atoms with Gasteiger partial charge >= 0.3 is 0 Å². The number of amides is 1. The van der Waals surface area contributed by atoms with Crippen LogP contribution in [0.3, 0.4) is 0 Å². The summed E-state index contributed by atoms with van der Waals surface area (Å²) in [5.74, 6) is 0.413. The van der Waals surface area contributed by atoms with E-state index in [4.69, 9.17) is 18.0 Å². The number of nitrogens with one attached hydrogen (secondary N) is 1. The normalized spacial score (nSPS) is 17.5. The number of carbonyl (C=O) groups excluding carboxylic acids is 1. The molecule has 0 saturated heterocycles. The fourth-order valence-corrected chi connectivity index (χ4v) is 3.10. The van der Waals surface area contributed by atoms with Gasteiger partial charge in [-0.1, -0.05) is 31.5 Å². The lowest BCUT2D eigenvalue weighted by Gasteiger charge is -2.34. The van der Waals surface area contributed by atoms with E-state index in [0.29, 0.717) is 10.8 Å². The van der Waals surface area contributed by atoms with E-state index >= 15 is 0 Å². The third-order valence-corrected chi connectivity index (χ3v) is 5.12. The minimum Gasteiger partial charge on any atom is -0.392 e. The molecule has 2 rings (SSSR count). The summed E-state index contributed by atoms with van der Waals surface area (Å²) in [6.45, 7) is 1.95. The molecule has 1 aromatic heterocycles. The molecule has 0 radical (unpaired) electrons. The number of nitrogens with zero attached hydrogens (tertiary/aromatic N) is 1. The molecule has 0 aliphatic heterocycles. The van der Waals surface area contributed by atoms with Gasteiger partial charge in [-0.25, -0.2) is 4.98 Å². The third kappa shape index (κ3) is 3.01. The summed E-state index contributed by atoms with van der Waals surface area (Å²) in [6.07, 6.45) is 6.23. The Kier molecular flexibility index (Phi) is 4.75. The van der Waals surface area contributed by atoms with Crippen molar-refractivity contribution in [1.29, 1.82) is 0 Å². The smallest absolute Gasteiger partial charge is 0.238 e. The number of pyridine rings is 1. The molecule has 1 aliphatic carbocycles. The minimum atomic E-state index is -0.712. The Morgan fingerprint density at radius 3 is 2.65 bits per heavy atom. The number of thiocarbonyl (C=S) groups is 1. The number of rotatable bonds is 3. The van der Waals surface area contributed by atoms with Crippen LogP contribution in [0.25, 0.3) is 0 Å². The molecule has 1 aliphatic rings. The minimum absolute atomic E-state index is 0.126. The zero-order valence-electron chi connectivity index (χ0n) is 11.4. The first kappa shape index (κ1) is 15.4. The van der Waals surface area contributed by atoms with Gasteiger partial charge in [0.25, 0.3) is 0 Å². The average molecular weight is 356 g/mol. The second-order valence-corrected chi connectivity index (χ2v) is 6.57. The molecule has 1 amide bonds. The molecule has 1 saturated carbocycles. The lowest BCUT2D eigenvalue weighted by Crippen LogP contribution is -2.47. The summed E-state index contributed by atoms with van der Waals surface area (Å²) in [6, 6.07) is 1.83. The summed E-state index contributed by atoms with van der Waals surface area (Å²) in [5, 5.41) is 2.86. The van der Waals surface area contributed by atoms with Crippen molar-refractivity contribution in [3.63, 3.8) is 0 Å². The molecule has 0 spiro atoms. The van der Waals surface area contributed by atoms with Crippen molar-refractivity contribution in [2.75, 3.05) is 5.32 Å². The van der Waals surface area contributed by atoms with Gasteiger partial charge in [0.15, 0.2) is 0 Å². The van der Waals surface area contributed by atoms with Crippen LogP contribution in [0.4, 0.5) is 5.82 Å². The number of aryl methyl sites for hydroxylation is 1. The van der Waals surface area contributed by atoms with E-state index in [1.54, 1.807) is 6.20 Å². The Morgan fingerprint density at radius 1 is 1.45 bits per heavy atom. The molecular formula is C14H18BrN3OS. The summed E-state index contributed by atoms with van der Waals surface area (Å²) in [7, 11) is 0. The van der Waals surface area contributed by atoms with E-state index < -0.39 is 5.41 Å². The number of carbonyl (C=O) groups is 1. The van der Waals surface area contributed by atoms with Gasteiger partial charge in [-0.2, -0.15) is 0 Å². The summed E-state index contributed by atoms with van der Waals surface area (Å²) in [5.41, 5.74) is 6.16. The van der Waals surface area contributed by atoms with Crippen molar-refractivity contribution in [1.82, 2.24) is 4.98 Å². The SMILES string of the molecule is Cc1cc(NC(=O)C2(C(N)=S)CCCCC2)ncc1Br. The van der Waals surface area contributed by atoms with E-state index in [2.05, 4.69) is 26.2 Å². The van der Waals surface area contributed by atoms with Crippen molar-refractivity contribution < 1.29 is 4.79 Å². The molecule has 0 bridgehead atoms. The number of anilines is 1. The number of hydrogen-bond donors (Lipinski definition) is 2. The van der Waals surface area contributed by atoms with Crippen molar-refractivity contribution in [2.45, 2.75) is 39.0 Å². The van der Waals surface area contributed by atoms with Gasteiger partial charge < -0.3 is 11.1 Å². The van der Waals surface area contributed by atoms with E-state index in [0.717, 1.165) is 42.1 Å². The molecule has 3 N–H and O–H groups in total. The molecule has 20 heavy (non-hydrogen) atoms. The standard InChI is InChI=1S/C14H18BrN3OS/c1-9-7-11(17-8-10(9)15)18-13(19)14(12(16)20)5-3-2-4-6-14/h7-8H,2-6H2,1H3,(H2,16,20)(H,17,18,19). The van der Waals surface area contributed by atoms with Crippen LogP contribution >= 0.6 is 28.1 Å². The van der Waals surface area contributed by atoms with Crippen LogP contribution < -0.4 is 11.1 Å². The molecular weight excluding hydrogens is 338 g/mol. The van der Waals surface area contributed by atoms with Gasteiger partial charge in [-0.05, 0) is 47.3 Å². The van der Waals surface area contributed by atoms with Gasteiger partial charge in [0.05, 0.1) is 10.4 Å². The third-order valence-electron chi connectivity index (χ3n) is 3.90. The predicted molar refractivity (Wildman–Crippen MR) is 87.6 cm³/mol. The number of aromatic nitrogens is 1. The Balaban J connectivity index is 2.20. The number of nitrogens with two attached hydrogens (primary N) is 1. The van der Waals surface area contributed by atoms with Gasteiger partial charge in [0.2, 0.25) is 5.91 Å². The molecule has 0 atom stereocenters. The highest BCUT2D eigenvalue weighted by atomic mass is 79.9. The van der Waals surface area contributed by atoms with E-state index in [9.17, 15) is 4.79 Å².